The first-order chi connectivity index (χ1) is 11.2. The summed E-state index contributed by atoms with van der Waals surface area (Å²) in [6.07, 6.45) is -4.26. The van der Waals surface area contributed by atoms with Gasteiger partial charge in [-0.3, -0.25) is 0 Å². The number of benzene rings is 1. The molecule has 24 heavy (non-hydrogen) atoms. The average molecular weight is 352 g/mol. The number of halogens is 3. The van der Waals surface area contributed by atoms with Crippen LogP contribution in [0.3, 0.4) is 0 Å². The maximum absolute atomic E-state index is 12.7. The highest BCUT2D eigenvalue weighted by atomic mass is 32.1. The molecule has 126 valence electrons. The van der Waals surface area contributed by atoms with E-state index in [2.05, 4.69) is 4.98 Å². The van der Waals surface area contributed by atoms with Crippen LogP contribution in [0.5, 0.6) is 5.75 Å². The second-order valence-electron chi connectivity index (χ2n) is 5.57. The highest BCUT2D eigenvalue weighted by Crippen LogP contribution is 2.34. The Morgan fingerprint density at radius 1 is 1.21 bits per heavy atom. The molecule has 0 amide bonds. The first kappa shape index (κ1) is 16.6. The van der Waals surface area contributed by atoms with E-state index >= 15 is 0 Å². The molecule has 0 aliphatic rings. The molecule has 2 heterocycles. The first-order valence-electron chi connectivity index (χ1n) is 7.23. The molecule has 3 nitrogen and oxygen atoms in total. The van der Waals surface area contributed by atoms with Crippen molar-refractivity contribution in [2.45, 2.75) is 26.6 Å². The van der Waals surface area contributed by atoms with Crippen LogP contribution in [-0.2, 0) is 6.54 Å². The SMILES string of the molecule is Cc1cc(-c2csc(-c3cccc(O)c3)n2)c(C)n1CC(F)(F)F. The number of rotatable bonds is 3. The summed E-state index contributed by atoms with van der Waals surface area (Å²) in [4.78, 5) is 4.52. The van der Waals surface area contributed by atoms with Gasteiger partial charge < -0.3 is 9.67 Å². The monoisotopic (exact) mass is 352 g/mol. The summed E-state index contributed by atoms with van der Waals surface area (Å²) < 4.78 is 39.4. The number of hydrogen-bond donors (Lipinski definition) is 1. The minimum Gasteiger partial charge on any atom is -0.508 e. The van der Waals surface area contributed by atoms with Crippen molar-refractivity contribution >= 4 is 11.3 Å². The predicted molar refractivity (Wildman–Crippen MR) is 88.2 cm³/mol. The number of nitrogens with zero attached hydrogens (tertiary/aromatic N) is 2. The predicted octanol–water partition coefficient (Wildman–Crippen LogP) is 5.16. The second kappa shape index (κ2) is 5.98. The molecule has 0 aliphatic carbocycles. The van der Waals surface area contributed by atoms with Gasteiger partial charge in [-0.15, -0.1) is 11.3 Å². The Hall–Kier alpha value is -2.28. The van der Waals surface area contributed by atoms with Gasteiger partial charge in [-0.25, -0.2) is 4.98 Å². The molecule has 0 radical (unpaired) electrons. The van der Waals surface area contributed by atoms with Crippen molar-refractivity contribution in [3.63, 3.8) is 0 Å². The van der Waals surface area contributed by atoms with Gasteiger partial charge in [0.1, 0.15) is 17.3 Å². The van der Waals surface area contributed by atoms with E-state index in [0.717, 1.165) is 5.56 Å². The fourth-order valence-electron chi connectivity index (χ4n) is 2.65. The van der Waals surface area contributed by atoms with E-state index in [1.165, 1.54) is 15.9 Å². The van der Waals surface area contributed by atoms with Crippen molar-refractivity contribution in [2.24, 2.45) is 0 Å². The summed E-state index contributed by atoms with van der Waals surface area (Å²) in [5.74, 6) is 0.146. The molecule has 3 aromatic rings. The van der Waals surface area contributed by atoms with E-state index < -0.39 is 12.7 Å². The molecule has 0 spiro atoms. The van der Waals surface area contributed by atoms with Gasteiger partial charge in [0.05, 0.1) is 5.69 Å². The molecule has 0 saturated carbocycles. The summed E-state index contributed by atoms with van der Waals surface area (Å²) in [7, 11) is 0. The van der Waals surface area contributed by atoms with Crippen LogP contribution >= 0.6 is 11.3 Å². The van der Waals surface area contributed by atoms with Crippen molar-refractivity contribution in [1.82, 2.24) is 9.55 Å². The smallest absolute Gasteiger partial charge is 0.406 e. The molecular weight excluding hydrogens is 337 g/mol. The van der Waals surface area contributed by atoms with Crippen LogP contribution in [0.25, 0.3) is 21.8 Å². The zero-order valence-corrected chi connectivity index (χ0v) is 13.9. The molecule has 2 aromatic heterocycles. The number of alkyl halides is 3. The lowest BCUT2D eigenvalue weighted by Crippen LogP contribution is -2.19. The Morgan fingerprint density at radius 2 is 1.96 bits per heavy atom. The average Bonchev–Trinajstić information content (AvgIpc) is 3.07. The van der Waals surface area contributed by atoms with Crippen molar-refractivity contribution in [2.75, 3.05) is 0 Å². The molecule has 1 N–H and O–H groups in total. The zero-order valence-electron chi connectivity index (χ0n) is 13.1. The Balaban J connectivity index is 1.98. The highest BCUT2D eigenvalue weighted by Gasteiger charge is 2.30. The van der Waals surface area contributed by atoms with Crippen LogP contribution in [0.2, 0.25) is 0 Å². The third-order valence-corrected chi connectivity index (χ3v) is 4.68. The Labute approximate surface area is 141 Å². The topological polar surface area (TPSA) is 38.1 Å². The van der Waals surface area contributed by atoms with Crippen molar-refractivity contribution in [3.8, 4) is 27.6 Å². The number of aryl methyl sites for hydroxylation is 1. The zero-order chi connectivity index (χ0) is 17.5. The standard InChI is InChI=1S/C17H15F3N2OS/c1-10-6-14(11(2)22(10)9-17(18,19)20)15-8-24-16(21-15)12-4-3-5-13(23)7-12/h3-8,23H,9H2,1-2H3. The van der Waals surface area contributed by atoms with Gasteiger partial charge in [0.15, 0.2) is 0 Å². The van der Waals surface area contributed by atoms with Gasteiger partial charge in [0.25, 0.3) is 0 Å². The number of hydrogen-bond acceptors (Lipinski definition) is 3. The molecule has 0 fully saturated rings. The van der Waals surface area contributed by atoms with Crippen LogP contribution < -0.4 is 0 Å². The van der Waals surface area contributed by atoms with Crippen LogP contribution in [0, 0.1) is 13.8 Å². The number of aromatic hydroxyl groups is 1. The summed E-state index contributed by atoms with van der Waals surface area (Å²) in [6, 6.07) is 8.46. The third kappa shape index (κ3) is 3.31. The van der Waals surface area contributed by atoms with Gasteiger partial charge >= 0.3 is 6.18 Å². The van der Waals surface area contributed by atoms with Gasteiger partial charge in [0, 0.05) is 27.9 Å². The van der Waals surface area contributed by atoms with Crippen LogP contribution in [0.4, 0.5) is 13.2 Å². The summed E-state index contributed by atoms with van der Waals surface area (Å²) >= 11 is 1.39. The Kier molecular flexibility index (Phi) is 4.13. The van der Waals surface area contributed by atoms with Crippen molar-refractivity contribution < 1.29 is 18.3 Å². The largest absolute Gasteiger partial charge is 0.508 e. The summed E-state index contributed by atoms with van der Waals surface area (Å²) in [5, 5.41) is 12.1. The minimum absolute atomic E-state index is 0.146. The van der Waals surface area contributed by atoms with E-state index in [1.807, 2.05) is 11.4 Å². The molecule has 0 aliphatic heterocycles. The van der Waals surface area contributed by atoms with E-state index in [4.69, 9.17) is 0 Å². The molecular formula is C17H15F3N2OS. The molecule has 0 atom stereocenters. The lowest BCUT2D eigenvalue weighted by atomic mass is 10.2. The van der Waals surface area contributed by atoms with Gasteiger partial charge in [-0.2, -0.15) is 13.2 Å². The molecule has 7 heteroatoms. The number of thiazole rings is 1. The highest BCUT2D eigenvalue weighted by molar-refractivity contribution is 7.13. The second-order valence-corrected chi connectivity index (χ2v) is 6.43. The fourth-order valence-corrected chi connectivity index (χ4v) is 3.47. The lowest BCUT2D eigenvalue weighted by Gasteiger charge is -2.12. The lowest BCUT2D eigenvalue weighted by molar-refractivity contribution is -0.141. The molecule has 1 aromatic carbocycles. The quantitative estimate of drug-likeness (QED) is 0.707. The first-order valence-corrected chi connectivity index (χ1v) is 8.11. The number of phenolic OH excluding ortho intramolecular Hbond substituents is 1. The van der Waals surface area contributed by atoms with Crippen LogP contribution in [0.15, 0.2) is 35.7 Å². The maximum Gasteiger partial charge on any atom is 0.406 e. The molecule has 3 rings (SSSR count). The third-order valence-electron chi connectivity index (χ3n) is 3.78. The van der Waals surface area contributed by atoms with E-state index in [1.54, 1.807) is 38.1 Å². The van der Waals surface area contributed by atoms with Gasteiger partial charge in [-0.1, -0.05) is 12.1 Å². The van der Waals surface area contributed by atoms with E-state index in [-0.39, 0.29) is 5.75 Å². The van der Waals surface area contributed by atoms with Crippen LogP contribution in [0.1, 0.15) is 11.4 Å². The van der Waals surface area contributed by atoms with Gasteiger partial charge in [0.2, 0.25) is 0 Å². The number of phenols is 1. The number of aromatic nitrogens is 2. The van der Waals surface area contributed by atoms with E-state index in [9.17, 15) is 18.3 Å². The summed E-state index contributed by atoms with van der Waals surface area (Å²) in [5.41, 5.74) is 3.19. The molecule has 0 unspecified atom stereocenters. The summed E-state index contributed by atoms with van der Waals surface area (Å²) in [6.45, 7) is 2.32. The van der Waals surface area contributed by atoms with Crippen LogP contribution in [-0.4, -0.2) is 20.8 Å². The van der Waals surface area contributed by atoms with Crippen molar-refractivity contribution in [1.29, 1.82) is 0 Å². The molecule has 0 bridgehead atoms. The van der Waals surface area contributed by atoms with Gasteiger partial charge in [-0.05, 0) is 32.0 Å². The van der Waals surface area contributed by atoms with Crippen molar-refractivity contribution in [3.05, 3.63) is 47.1 Å². The Bertz CT molecular complexity index is 880. The van der Waals surface area contributed by atoms with E-state index in [0.29, 0.717) is 27.7 Å². The minimum atomic E-state index is -4.26. The molecule has 0 saturated heterocycles. The fraction of sp³-hybridized carbons (Fsp3) is 0.235. The Morgan fingerprint density at radius 3 is 2.62 bits per heavy atom. The maximum atomic E-state index is 12.7. The normalized spacial score (nSPS) is 11.9.